The van der Waals surface area contributed by atoms with Crippen molar-refractivity contribution in [2.75, 3.05) is 11.9 Å². The van der Waals surface area contributed by atoms with E-state index in [-0.39, 0.29) is 6.10 Å². The molecule has 0 aliphatic carbocycles. The fourth-order valence-corrected chi connectivity index (χ4v) is 1.44. The summed E-state index contributed by atoms with van der Waals surface area (Å²) < 4.78 is 5.64. The normalized spacial score (nSPS) is 12.5. The average Bonchev–Trinajstić information content (AvgIpc) is 2.35. The highest BCUT2D eigenvalue weighted by molar-refractivity contribution is 6.31. The number of anilines is 1. The number of nitrogens with one attached hydrogen (secondary N) is 1. The summed E-state index contributed by atoms with van der Waals surface area (Å²) in [7, 11) is 0. The van der Waals surface area contributed by atoms with Gasteiger partial charge in [-0.2, -0.15) is 0 Å². The molecule has 0 fully saturated rings. The number of hydrogen-bond donors (Lipinski definition) is 1. The van der Waals surface area contributed by atoms with E-state index in [0.717, 1.165) is 30.9 Å². The SMILES string of the molecule is CCCNc1ccc(Cl)c(COC(C)CC)n1. The summed E-state index contributed by atoms with van der Waals surface area (Å²) in [6.45, 7) is 7.65. The second kappa shape index (κ2) is 7.51. The summed E-state index contributed by atoms with van der Waals surface area (Å²) in [6.07, 6.45) is 2.30. The maximum absolute atomic E-state index is 6.09. The Bertz CT molecular complexity index is 344. The van der Waals surface area contributed by atoms with E-state index in [9.17, 15) is 0 Å². The number of rotatable bonds is 7. The van der Waals surface area contributed by atoms with Crippen LogP contribution < -0.4 is 5.32 Å². The summed E-state index contributed by atoms with van der Waals surface area (Å²) in [5.41, 5.74) is 0.799. The first-order valence-corrected chi connectivity index (χ1v) is 6.56. The molecule has 0 saturated carbocycles. The quantitative estimate of drug-likeness (QED) is 0.804. The molecule has 1 rings (SSSR count). The van der Waals surface area contributed by atoms with Crippen LogP contribution >= 0.6 is 11.6 Å². The fraction of sp³-hybridized carbons (Fsp3) is 0.615. The first kappa shape index (κ1) is 14.3. The van der Waals surface area contributed by atoms with Crippen LogP contribution in [-0.4, -0.2) is 17.6 Å². The minimum absolute atomic E-state index is 0.236. The van der Waals surface area contributed by atoms with Crippen LogP contribution in [0.2, 0.25) is 5.02 Å². The van der Waals surface area contributed by atoms with Gasteiger partial charge in [-0.05, 0) is 31.9 Å². The highest BCUT2D eigenvalue weighted by atomic mass is 35.5. The highest BCUT2D eigenvalue weighted by Gasteiger charge is 2.06. The van der Waals surface area contributed by atoms with Crippen LogP contribution in [0.15, 0.2) is 12.1 Å². The van der Waals surface area contributed by atoms with E-state index >= 15 is 0 Å². The van der Waals surface area contributed by atoms with Crippen molar-refractivity contribution in [1.29, 1.82) is 0 Å². The lowest BCUT2D eigenvalue weighted by atomic mass is 10.3. The molecule has 0 spiro atoms. The number of aromatic nitrogens is 1. The molecule has 1 aromatic heterocycles. The molecule has 3 nitrogen and oxygen atoms in total. The number of pyridine rings is 1. The minimum Gasteiger partial charge on any atom is -0.372 e. The molecule has 0 aliphatic rings. The lowest BCUT2D eigenvalue weighted by molar-refractivity contribution is 0.0490. The van der Waals surface area contributed by atoms with E-state index in [1.54, 1.807) is 0 Å². The Morgan fingerprint density at radius 1 is 1.41 bits per heavy atom. The molecule has 1 atom stereocenters. The van der Waals surface area contributed by atoms with Gasteiger partial charge in [-0.25, -0.2) is 4.98 Å². The Morgan fingerprint density at radius 3 is 2.82 bits per heavy atom. The van der Waals surface area contributed by atoms with Gasteiger partial charge in [-0.15, -0.1) is 0 Å². The molecular weight excluding hydrogens is 236 g/mol. The van der Waals surface area contributed by atoms with Crippen LogP contribution in [0.4, 0.5) is 5.82 Å². The van der Waals surface area contributed by atoms with Gasteiger partial charge in [0, 0.05) is 6.54 Å². The lowest BCUT2D eigenvalue weighted by Crippen LogP contribution is -2.09. The molecule has 1 heterocycles. The van der Waals surface area contributed by atoms with Gasteiger partial charge >= 0.3 is 0 Å². The van der Waals surface area contributed by atoms with Crippen molar-refractivity contribution in [3.63, 3.8) is 0 Å². The second-order valence-electron chi connectivity index (χ2n) is 4.08. The number of nitrogens with zero attached hydrogens (tertiary/aromatic N) is 1. The maximum Gasteiger partial charge on any atom is 0.126 e. The smallest absolute Gasteiger partial charge is 0.126 e. The highest BCUT2D eigenvalue weighted by Crippen LogP contribution is 2.18. The summed E-state index contributed by atoms with van der Waals surface area (Å²) in [6, 6.07) is 3.76. The zero-order valence-corrected chi connectivity index (χ0v) is 11.5. The summed E-state index contributed by atoms with van der Waals surface area (Å²) >= 11 is 6.09. The summed E-state index contributed by atoms with van der Waals surface area (Å²) in [4.78, 5) is 4.45. The number of ether oxygens (including phenoxy) is 1. The molecule has 1 unspecified atom stereocenters. The molecule has 0 amide bonds. The van der Waals surface area contributed by atoms with Crippen LogP contribution in [0.5, 0.6) is 0 Å². The lowest BCUT2D eigenvalue weighted by Gasteiger charge is -2.12. The molecule has 0 aliphatic heterocycles. The van der Waals surface area contributed by atoms with Gasteiger partial charge in [0.1, 0.15) is 5.82 Å². The van der Waals surface area contributed by atoms with Gasteiger partial charge < -0.3 is 10.1 Å². The van der Waals surface area contributed by atoms with Gasteiger partial charge in [0.15, 0.2) is 0 Å². The summed E-state index contributed by atoms with van der Waals surface area (Å²) in [5, 5.41) is 3.90. The third-order valence-corrected chi connectivity index (χ3v) is 2.90. The second-order valence-corrected chi connectivity index (χ2v) is 4.49. The first-order chi connectivity index (χ1) is 8.17. The van der Waals surface area contributed by atoms with Crippen LogP contribution in [0, 0.1) is 0 Å². The van der Waals surface area contributed by atoms with Crippen LogP contribution in [0.3, 0.4) is 0 Å². The van der Waals surface area contributed by atoms with E-state index in [0.29, 0.717) is 11.6 Å². The zero-order chi connectivity index (χ0) is 12.7. The predicted molar refractivity (Wildman–Crippen MR) is 72.6 cm³/mol. The van der Waals surface area contributed by atoms with Gasteiger partial charge in [-0.3, -0.25) is 0 Å². The largest absolute Gasteiger partial charge is 0.372 e. The third-order valence-electron chi connectivity index (χ3n) is 2.55. The van der Waals surface area contributed by atoms with Crippen molar-refractivity contribution >= 4 is 17.4 Å². The maximum atomic E-state index is 6.09. The van der Waals surface area contributed by atoms with Crippen molar-refractivity contribution in [2.45, 2.75) is 46.3 Å². The monoisotopic (exact) mass is 256 g/mol. The van der Waals surface area contributed by atoms with Crippen molar-refractivity contribution in [3.8, 4) is 0 Å². The Hall–Kier alpha value is -0.800. The topological polar surface area (TPSA) is 34.1 Å². The number of hydrogen-bond acceptors (Lipinski definition) is 3. The molecule has 4 heteroatoms. The van der Waals surface area contributed by atoms with Crippen LogP contribution in [0.25, 0.3) is 0 Å². The first-order valence-electron chi connectivity index (χ1n) is 6.18. The van der Waals surface area contributed by atoms with Crippen LogP contribution in [0.1, 0.15) is 39.3 Å². The van der Waals surface area contributed by atoms with Gasteiger partial charge in [0.2, 0.25) is 0 Å². The third kappa shape index (κ3) is 4.92. The molecule has 0 saturated heterocycles. The number of halogens is 1. The van der Waals surface area contributed by atoms with E-state index in [2.05, 4.69) is 24.1 Å². The average molecular weight is 257 g/mol. The molecule has 17 heavy (non-hydrogen) atoms. The molecular formula is C13H21ClN2O. The Morgan fingerprint density at radius 2 is 2.18 bits per heavy atom. The molecule has 96 valence electrons. The molecule has 0 radical (unpaired) electrons. The van der Waals surface area contributed by atoms with E-state index in [1.165, 1.54) is 0 Å². The van der Waals surface area contributed by atoms with Crippen molar-refractivity contribution in [1.82, 2.24) is 4.98 Å². The zero-order valence-electron chi connectivity index (χ0n) is 10.8. The van der Waals surface area contributed by atoms with Crippen molar-refractivity contribution in [3.05, 3.63) is 22.8 Å². The van der Waals surface area contributed by atoms with Crippen LogP contribution in [-0.2, 0) is 11.3 Å². The predicted octanol–water partition coefficient (Wildman–Crippen LogP) is 3.87. The molecule has 0 bridgehead atoms. The summed E-state index contributed by atoms with van der Waals surface area (Å²) in [5.74, 6) is 0.860. The van der Waals surface area contributed by atoms with E-state index < -0.39 is 0 Å². The van der Waals surface area contributed by atoms with Crippen molar-refractivity contribution in [2.24, 2.45) is 0 Å². The Kier molecular flexibility index (Phi) is 6.30. The van der Waals surface area contributed by atoms with E-state index in [1.807, 2.05) is 19.1 Å². The molecule has 1 aromatic rings. The minimum atomic E-state index is 0.236. The Labute approximate surface area is 109 Å². The van der Waals surface area contributed by atoms with Gasteiger partial charge in [0.05, 0.1) is 23.4 Å². The molecule has 1 N–H and O–H groups in total. The van der Waals surface area contributed by atoms with Crippen molar-refractivity contribution < 1.29 is 4.74 Å². The van der Waals surface area contributed by atoms with Gasteiger partial charge in [-0.1, -0.05) is 25.4 Å². The fourth-order valence-electron chi connectivity index (χ4n) is 1.28. The van der Waals surface area contributed by atoms with E-state index in [4.69, 9.17) is 16.3 Å². The van der Waals surface area contributed by atoms with Gasteiger partial charge in [0.25, 0.3) is 0 Å². The molecule has 0 aromatic carbocycles. The Balaban J connectivity index is 2.62. The standard InChI is InChI=1S/C13H21ClN2O/c1-4-8-15-13-7-6-11(14)12(16-13)9-17-10(3)5-2/h6-7,10H,4-5,8-9H2,1-3H3,(H,15,16).